The van der Waals surface area contributed by atoms with E-state index in [1.807, 2.05) is 17.4 Å². The van der Waals surface area contributed by atoms with Gasteiger partial charge < -0.3 is 0 Å². The molecule has 0 N–H and O–H groups in total. The second-order valence-corrected chi connectivity index (χ2v) is 6.47. The number of rotatable bonds is 3. The summed E-state index contributed by atoms with van der Waals surface area (Å²) >= 11 is 1.87. The molecular weight excluding hydrogens is 272 g/mol. The summed E-state index contributed by atoms with van der Waals surface area (Å²) in [7, 11) is 0. The van der Waals surface area contributed by atoms with Crippen molar-refractivity contribution in [2.45, 2.75) is 26.7 Å². The highest BCUT2D eigenvalue weighted by atomic mass is 32.1. The van der Waals surface area contributed by atoms with Gasteiger partial charge in [-0.3, -0.25) is 0 Å². The van der Waals surface area contributed by atoms with Gasteiger partial charge in [-0.2, -0.15) is 0 Å². The fourth-order valence-electron chi connectivity index (χ4n) is 2.98. The fraction of sp³-hybridized carbons (Fsp3) is 0.200. The summed E-state index contributed by atoms with van der Waals surface area (Å²) in [5, 5.41) is 0. The van der Waals surface area contributed by atoms with Gasteiger partial charge in [0.05, 0.1) is 0 Å². The van der Waals surface area contributed by atoms with Crippen LogP contribution in [-0.4, -0.2) is 0 Å². The minimum Gasteiger partial charge on any atom is -0.135 e. The van der Waals surface area contributed by atoms with Gasteiger partial charge >= 0.3 is 0 Å². The highest BCUT2D eigenvalue weighted by Gasteiger charge is 2.21. The lowest BCUT2D eigenvalue weighted by molar-refractivity contribution is 0.985. The summed E-state index contributed by atoms with van der Waals surface area (Å²) in [6.45, 7) is 8.22. The molecule has 0 unspecified atom stereocenters. The van der Waals surface area contributed by atoms with Crippen molar-refractivity contribution in [1.29, 1.82) is 0 Å². The van der Waals surface area contributed by atoms with Gasteiger partial charge in [-0.05, 0) is 49.0 Å². The summed E-state index contributed by atoms with van der Waals surface area (Å²) in [5.74, 6) is 0. The van der Waals surface area contributed by atoms with Crippen LogP contribution in [0.15, 0.2) is 43.0 Å². The maximum atomic E-state index is 3.99. The molecule has 3 rings (SSSR count). The van der Waals surface area contributed by atoms with E-state index in [4.69, 9.17) is 0 Å². The molecule has 1 aromatic carbocycles. The monoisotopic (exact) mass is 292 g/mol. The zero-order valence-corrected chi connectivity index (χ0v) is 13.5. The first kappa shape index (κ1) is 14.1. The number of aryl methyl sites for hydroxylation is 1. The first-order valence-electron chi connectivity index (χ1n) is 7.43. The van der Waals surface area contributed by atoms with Gasteiger partial charge in [0.2, 0.25) is 0 Å². The van der Waals surface area contributed by atoms with Gasteiger partial charge in [0, 0.05) is 9.75 Å². The van der Waals surface area contributed by atoms with E-state index < -0.39 is 0 Å². The van der Waals surface area contributed by atoms with Crippen molar-refractivity contribution in [2.75, 3.05) is 0 Å². The smallest absolute Gasteiger partial charge is 0.0390 e. The molecule has 1 aliphatic carbocycles. The van der Waals surface area contributed by atoms with E-state index in [2.05, 4.69) is 62.9 Å². The lowest BCUT2D eigenvalue weighted by Gasteiger charge is -2.15. The van der Waals surface area contributed by atoms with Gasteiger partial charge in [-0.25, -0.2) is 0 Å². The van der Waals surface area contributed by atoms with E-state index in [1.54, 1.807) is 0 Å². The molecule has 0 fully saturated rings. The zero-order chi connectivity index (χ0) is 14.8. The van der Waals surface area contributed by atoms with Crippen LogP contribution >= 0.6 is 11.3 Å². The molecule has 1 heterocycles. The van der Waals surface area contributed by atoms with Crippen molar-refractivity contribution in [3.8, 4) is 0 Å². The second kappa shape index (κ2) is 5.87. The van der Waals surface area contributed by atoms with Crippen LogP contribution in [0.2, 0.25) is 0 Å². The molecular formula is C20H20S. The first-order chi connectivity index (χ1) is 10.2. The van der Waals surface area contributed by atoms with E-state index in [-0.39, 0.29) is 0 Å². The van der Waals surface area contributed by atoms with Crippen molar-refractivity contribution in [3.63, 3.8) is 0 Å². The molecule has 2 aromatic rings. The maximum Gasteiger partial charge on any atom is 0.0390 e. The molecule has 21 heavy (non-hydrogen) atoms. The minimum atomic E-state index is 1.12. The topological polar surface area (TPSA) is 0 Å². The molecule has 0 radical (unpaired) electrons. The lowest BCUT2D eigenvalue weighted by atomic mass is 9.90. The average molecular weight is 292 g/mol. The molecule has 1 aromatic heterocycles. The van der Waals surface area contributed by atoms with Crippen LogP contribution in [0.3, 0.4) is 0 Å². The Morgan fingerprint density at radius 1 is 1.29 bits per heavy atom. The molecule has 0 bridgehead atoms. The van der Waals surface area contributed by atoms with Gasteiger partial charge in [0.15, 0.2) is 0 Å². The largest absolute Gasteiger partial charge is 0.135 e. The van der Waals surface area contributed by atoms with Crippen LogP contribution in [0.4, 0.5) is 0 Å². The SMILES string of the molecule is C=Cc1sc2c(c1/C=C\C)CCC=C2c1cccc(C)c1. The predicted octanol–water partition coefficient (Wildman–Crippen LogP) is 6.11. The number of thiophene rings is 1. The fourth-order valence-corrected chi connectivity index (χ4v) is 4.23. The summed E-state index contributed by atoms with van der Waals surface area (Å²) < 4.78 is 0. The molecule has 1 heteroatoms. The van der Waals surface area contributed by atoms with E-state index in [9.17, 15) is 0 Å². The standard InChI is InChI=1S/C20H20S/c1-4-8-17-18-12-7-11-16(20(18)21-19(17)5-2)15-10-6-9-14(3)13-15/h4-6,8-11,13H,2,7,12H2,1,3H3/b8-4-. The molecule has 0 amide bonds. The Morgan fingerprint density at radius 2 is 2.14 bits per heavy atom. The molecule has 106 valence electrons. The number of hydrogen-bond acceptors (Lipinski definition) is 1. The Bertz CT molecular complexity index is 741. The third-order valence-electron chi connectivity index (χ3n) is 3.91. The summed E-state index contributed by atoms with van der Waals surface area (Å²) in [6, 6.07) is 8.80. The highest BCUT2D eigenvalue weighted by Crippen LogP contribution is 2.41. The van der Waals surface area contributed by atoms with Gasteiger partial charge in [0.25, 0.3) is 0 Å². The van der Waals surface area contributed by atoms with E-state index in [0.29, 0.717) is 0 Å². The number of allylic oxidation sites excluding steroid dienone is 2. The van der Waals surface area contributed by atoms with E-state index >= 15 is 0 Å². The molecule has 0 aliphatic heterocycles. The Hall–Kier alpha value is -1.86. The zero-order valence-electron chi connectivity index (χ0n) is 12.6. The molecule has 1 aliphatic rings. The molecule has 0 spiro atoms. The summed E-state index contributed by atoms with van der Waals surface area (Å²) in [5.41, 5.74) is 6.90. The van der Waals surface area contributed by atoms with Crippen molar-refractivity contribution >= 4 is 29.1 Å². The maximum absolute atomic E-state index is 3.99. The molecule has 0 saturated heterocycles. The molecule has 0 nitrogen and oxygen atoms in total. The third kappa shape index (κ3) is 2.54. The number of fused-ring (bicyclic) bond motifs is 1. The van der Waals surface area contributed by atoms with Gasteiger partial charge in [0.1, 0.15) is 0 Å². The van der Waals surface area contributed by atoms with Gasteiger partial charge in [-0.1, -0.05) is 60.7 Å². The van der Waals surface area contributed by atoms with Crippen molar-refractivity contribution in [3.05, 3.63) is 75.0 Å². The average Bonchev–Trinajstić information content (AvgIpc) is 2.86. The van der Waals surface area contributed by atoms with E-state index in [0.717, 1.165) is 12.8 Å². The molecule has 0 atom stereocenters. The van der Waals surface area contributed by atoms with E-state index in [1.165, 1.54) is 37.6 Å². The second-order valence-electron chi connectivity index (χ2n) is 5.42. The summed E-state index contributed by atoms with van der Waals surface area (Å²) in [6.07, 6.45) is 11.0. The van der Waals surface area contributed by atoms with Gasteiger partial charge in [-0.15, -0.1) is 11.3 Å². The van der Waals surface area contributed by atoms with Crippen molar-refractivity contribution in [2.24, 2.45) is 0 Å². The summed E-state index contributed by atoms with van der Waals surface area (Å²) in [4.78, 5) is 2.72. The Labute approximate surface area is 131 Å². The van der Waals surface area contributed by atoms with Crippen LogP contribution in [-0.2, 0) is 6.42 Å². The van der Waals surface area contributed by atoms with Crippen LogP contribution in [0, 0.1) is 6.92 Å². The quantitative estimate of drug-likeness (QED) is 0.640. The molecule has 0 saturated carbocycles. The lowest BCUT2D eigenvalue weighted by Crippen LogP contribution is -1.98. The van der Waals surface area contributed by atoms with Crippen LogP contribution in [0.25, 0.3) is 17.7 Å². The predicted molar refractivity (Wildman–Crippen MR) is 95.7 cm³/mol. The number of benzene rings is 1. The van der Waals surface area contributed by atoms with Crippen molar-refractivity contribution in [1.82, 2.24) is 0 Å². The Balaban J connectivity index is 2.17. The minimum absolute atomic E-state index is 1.12. The number of hydrogen-bond donors (Lipinski definition) is 0. The normalized spacial score (nSPS) is 14.1. The van der Waals surface area contributed by atoms with Crippen molar-refractivity contribution < 1.29 is 0 Å². The van der Waals surface area contributed by atoms with Crippen LogP contribution in [0.1, 0.15) is 45.4 Å². The Kier molecular flexibility index (Phi) is 3.94. The highest BCUT2D eigenvalue weighted by molar-refractivity contribution is 7.14. The van der Waals surface area contributed by atoms with Crippen LogP contribution < -0.4 is 0 Å². The first-order valence-corrected chi connectivity index (χ1v) is 8.24. The third-order valence-corrected chi connectivity index (χ3v) is 5.19. The van der Waals surface area contributed by atoms with Crippen LogP contribution in [0.5, 0.6) is 0 Å². The Morgan fingerprint density at radius 3 is 2.86 bits per heavy atom.